The summed E-state index contributed by atoms with van der Waals surface area (Å²) in [5.41, 5.74) is 1.43. The van der Waals surface area contributed by atoms with E-state index < -0.39 is 0 Å². The quantitative estimate of drug-likeness (QED) is 0.472. The lowest BCUT2D eigenvalue weighted by molar-refractivity contribution is 1.12. The summed E-state index contributed by atoms with van der Waals surface area (Å²) < 4.78 is 0. The Kier molecular flexibility index (Phi) is 6.38. The Bertz CT molecular complexity index is 519. The van der Waals surface area contributed by atoms with E-state index in [1.807, 2.05) is 29.6 Å². The summed E-state index contributed by atoms with van der Waals surface area (Å²) in [5.74, 6) is 4.69. The first-order chi connectivity index (χ1) is 9.40. The Hall–Kier alpha value is -0.860. The van der Waals surface area contributed by atoms with Gasteiger partial charge in [0, 0.05) is 11.5 Å². The molecule has 0 saturated heterocycles. The van der Waals surface area contributed by atoms with Crippen LogP contribution in [-0.2, 0) is 5.75 Å². The molecule has 0 bridgehead atoms. The van der Waals surface area contributed by atoms with Crippen LogP contribution in [-0.4, -0.2) is 17.3 Å². The zero-order valence-corrected chi connectivity index (χ0v) is 12.8. The lowest BCUT2D eigenvalue weighted by atomic mass is 10.1. The van der Waals surface area contributed by atoms with Crippen LogP contribution in [0.4, 0.5) is 0 Å². The molecule has 2 heteroatoms. The number of rotatable bonds is 8. The second-order valence-electron chi connectivity index (χ2n) is 4.45. The van der Waals surface area contributed by atoms with E-state index in [-0.39, 0.29) is 0 Å². The molecule has 2 rings (SSSR count). The van der Waals surface area contributed by atoms with Gasteiger partial charge in [0.05, 0.1) is 0 Å². The van der Waals surface area contributed by atoms with Crippen LogP contribution in [0.25, 0.3) is 10.8 Å². The van der Waals surface area contributed by atoms with Crippen molar-refractivity contribution >= 4 is 34.3 Å². The number of fused-ring (bicyclic) bond motifs is 1. The van der Waals surface area contributed by atoms with Crippen molar-refractivity contribution < 1.29 is 0 Å². The molecule has 0 unspecified atom stereocenters. The molecular weight excluding hydrogens is 268 g/mol. The minimum Gasteiger partial charge on any atom is -0.158 e. The van der Waals surface area contributed by atoms with Crippen molar-refractivity contribution in [2.45, 2.75) is 12.2 Å². The highest BCUT2D eigenvalue weighted by atomic mass is 32.2. The van der Waals surface area contributed by atoms with Crippen LogP contribution >= 0.6 is 23.5 Å². The van der Waals surface area contributed by atoms with Crippen LogP contribution in [0.15, 0.2) is 55.1 Å². The number of thioether (sulfide) groups is 2. The third kappa shape index (κ3) is 4.96. The summed E-state index contributed by atoms with van der Waals surface area (Å²) >= 11 is 4.00. The summed E-state index contributed by atoms with van der Waals surface area (Å²) in [7, 11) is 0. The van der Waals surface area contributed by atoms with Crippen molar-refractivity contribution in [3.05, 3.63) is 60.7 Å². The van der Waals surface area contributed by atoms with Gasteiger partial charge in [-0.15, -0.1) is 6.58 Å². The summed E-state index contributed by atoms with van der Waals surface area (Å²) in [6, 6.07) is 15.4. The highest BCUT2D eigenvalue weighted by Gasteiger charge is 1.97. The molecule has 0 heterocycles. The Balaban J connectivity index is 1.74. The van der Waals surface area contributed by atoms with E-state index in [0.29, 0.717) is 0 Å². The predicted octanol–water partition coefficient (Wildman–Crippen LogP) is 5.38. The first-order valence-corrected chi connectivity index (χ1v) is 8.95. The second kappa shape index (κ2) is 8.34. The summed E-state index contributed by atoms with van der Waals surface area (Å²) in [6.45, 7) is 3.73. The van der Waals surface area contributed by atoms with Gasteiger partial charge in [-0.2, -0.15) is 23.5 Å². The van der Waals surface area contributed by atoms with Crippen molar-refractivity contribution in [2.75, 3.05) is 17.3 Å². The molecule has 100 valence electrons. The van der Waals surface area contributed by atoms with E-state index in [9.17, 15) is 0 Å². The van der Waals surface area contributed by atoms with Gasteiger partial charge < -0.3 is 0 Å². The fraction of sp³-hybridized carbons (Fsp3) is 0.294. The van der Waals surface area contributed by atoms with Crippen molar-refractivity contribution in [1.82, 2.24) is 0 Å². The van der Waals surface area contributed by atoms with E-state index >= 15 is 0 Å². The van der Waals surface area contributed by atoms with Crippen LogP contribution in [0, 0.1) is 0 Å². The van der Waals surface area contributed by atoms with Crippen LogP contribution in [0.5, 0.6) is 0 Å². The Labute approximate surface area is 124 Å². The highest BCUT2D eigenvalue weighted by molar-refractivity contribution is 7.99. The van der Waals surface area contributed by atoms with Crippen LogP contribution < -0.4 is 0 Å². The highest BCUT2D eigenvalue weighted by Crippen LogP contribution is 2.20. The number of hydrogen-bond donors (Lipinski definition) is 0. The molecule has 0 aliphatic heterocycles. The molecule has 2 aromatic rings. The van der Waals surface area contributed by atoms with E-state index in [0.717, 1.165) is 11.5 Å². The molecule has 0 aliphatic carbocycles. The fourth-order valence-corrected chi connectivity index (χ4v) is 3.72. The molecule has 0 aromatic heterocycles. The fourth-order valence-electron chi connectivity index (χ4n) is 1.95. The zero-order chi connectivity index (χ0) is 13.3. The summed E-state index contributed by atoms with van der Waals surface area (Å²) in [5, 5.41) is 2.68. The van der Waals surface area contributed by atoms with Crippen LogP contribution in [0.3, 0.4) is 0 Å². The molecule has 0 fully saturated rings. The van der Waals surface area contributed by atoms with Gasteiger partial charge in [-0.25, -0.2) is 0 Å². The molecule has 0 aliphatic rings. The van der Waals surface area contributed by atoms with Crippen LogP contribution in [0.1, 0.15) is 12.0 Å². The van der Waals surface area contributed by atoms with Gasteiger partial charge in [-0.05, 0) is 34.3 Å². The average molecular weight is 288 g/mol. The standard InChI is InChI=1S/C17H20S2/c1-2-10-18-11-5-12-19-14-15-8-9-16-6-3-4-7-17(16)13-15/h2-4,6-9,13H,1,5,10-12,14H2. The van der Waals surface area contributed by atoms with Gasteiger partial charge in [0.1, 0.15) is 0 Å². The van der Waals surface area contributed by atoms with E-state index in [1.165, 1.54) is 34.3 Å². The lowest BCUT2D eigenvalue weighted by Gasteiger charge is -2.04. The first kappa shape index (κ1) is 14.5. The Morgan fingerprint density at radius 2 is 1.74 bits per heavy atom. The third-order valence-electron chi connectivity index (χ3n) is 2.90. The minimum atomic E-state index is 1.08. The first-order valence-electron chi connectivity index (χ1n) is 6.64. The molecule has 0 amide bonds. The molecule has 0 N–H and O–H groups in total. The van der Waals surface area contributed by atoms with Gasteiger partial charge in [-0.1, -0.05) is 48.5 Å². The van der Waals surface area contributed by atoms with Crippen molar-refractivity contribution in [3.63, 3.8) is 0 Å². The van der Waals surface area contributed by atoms with Gasteiger partial charge in [-0.3, -0.25) is 0 Å². The SMILES string of the molecule is C=CCSCCCSCc1ccc2ccccc2c1. The topological polar surface area (TPSA) is 0 Å². The monoisotopic (exact) mass is 288 g/mol. The average Bonchev–Trinajstić information content (AvgIpc) is 2.46. The normalized spacial score (nSPS) is 10.7. The van der Waals surface area contributed by atoms with E-state index in [1.54, 1.807) is 0 Å². The maximum Gasteiger partial charge on any atom is 0.0184 e. The number of benzene rings is 2. The van der Waals surface area contributed by atoms with Crippen molar-refractivity contribution in [2.24, 2.45) is 0 Å². The summed E-state index contributed by atoms with van der Waals surface area (Å²) in [6.07, 6.45) is 3.27. The van der Waals surface area contributed by atoms with Gasteiger partial charge >= 0.3 is 0 Å². The molecule has 0 saturated carbocycles. The van der Waals surface area contributed by atoms with E-state index in [4.69, 9.17) is 0 Å². The Morgan fingerprint density at radius 3 is 2.58 bits per heavy atom. The maximum atomic E-state index is 3.73. The van der Waals surface area contributed by atoms with Crippen molar-refractivity contribution in [3.8, 4) is 0 Å². The molecule has 0 spiro atoms. The predicted molar refractivity (Wildman–Crippen MR) is 92.2 cm³/mol. The molecule has 0 radical (unpaired) electrons. The lowest BCUT2D eigenvalue weighted by Crippen LogP contribution is -1.87. The second-order valence-corrected chi connectivity index (χ2v) is 6.71. The van der Waals surface area contributed by atoms with E-state index in [2.05, 4.69) is 49.0 Å². The molecule has 2 aromatic carbocycles. The zero-order valence-electron chi connectivity index (χ0n) is 11.2. The smallest absolute Gasteiger partial charge is 0.0184 e. The number of hydrogen-bond acceptors (Lipinski definition) is 2. The molecule has 0 atom stereocenters. The van der Waals surface area contributed by atoms with Crippen LogP contribution in [0.2, 0.25) is 0 Å². The summed E-state index contributed by atoms with van der Waals surface area (Å²) in [4.78, 5) is 0. The van der Waals surface area contributed by atoms with Gasteiger partial charge in [0.15, 0.2) is 0 Å². The maximum absolute atomic E-state index is 3.73. The molecular formula is C17H20S2. The Morgan fingerprint density at radius 1 is 0.947 bits per heavy atom. The van der Waals surface area contributed by atoms with Crippen molar-refractivity contribution in [1.29, 1.82) is 0 Å². The molecule has 19 heavy (non-hydrogen) atoms. The minimum absolute atomic E-state index is 1.08. The largest absolute Gasteiger partial charge is 0.158 e. The molecule has 0 nitrogen and oxygen atoms in total. The van der Waals surface area contributed by atoms with Gasteiger partial charge in [0.2, 0.25) is 0 Å². The third-order valence-corrected chi connectivity index (χ3v) is 5.06. The van der Waals surface area contributed by atoms with Gasteiger partial charge in [0.25, 0.3) is 0 Å².